The Morgan fingerprint density at radius 3 is 2.58 bits per heavy atom. The quantitative estimate of drug-likeness (QED) is 0.313. The fourth-order valence-electron chi connectivity index (χ4n) is 4.07. The van der Waals surface area contributed by atoms with Crippen LogP contribution in [0.15, 0.2) is 54.4 Å². The Bertz CT molecular complexity index is 1280. The first-order valence-electron chi connectivity index (χ1n) is 10.6. The van der Waals surface area contributed by atoms with Crippen LogP contribution in [0.25, 0.3) is 17.0 Å². The molecule has 0 spiro atoms. The molecule has 2 aromatic carbocycles. The lowest BCUT2D eigenvalue weighted by molar-refractivity contribution is -0.140. The van der Waals surface area contributed by atoms with Gasteiger partial charge in [0.1, 0.15) is 18.1 Å². The van der Waals surface area contributed by atoms with Gasteiger partial charge in [-0.1, -0.05) is 37.3 Å². The number of rotatable bonds is 6. The molecule has 1 aliphatic rings. The zero-order valence-electron chi connectivity index (χ0n) is 18.7. The Labute approximate surface area is 196 Å². The molecular formula is C25H24FN3O3S. The van der Waals surface area contributed by atoms with E-state index in [9.17, 15) is 14.0 Å². The third-order valence-electron chi connectivity index (χ3n) is 5.80. The molecule has 0 unspecified atom stereocenters. The molecule has 0 saturated carbocycles. The zero-order valence-corrected chi connectivity index (χ0v) is 19.5. The largest absolute Gasteiger partial charge is 0.468 e. The third kappa shape index (κ3) is 4.26. The Hall–Kier alpha value is -3.52. The number of nitrogens with zero attached hydrogens (tertiary/aromatic N) is 3. The Morgan fingerprint density at radius 2 is 1.91 bits per heavy atom. The number of hydrogen-bond acceptors (Lipinski definition) is 4. The summed E-state index contributed by atoms with van der Waals surface area (Å²) in [4.78, 5) is 27.7. The molecule has 6 nitrogen and oxygen atoms in total. The van der Waals surface area contributed by atoms with Gasteiger partial charge in [0.2, 0.25) is 0 Å². The molecule has 3 aromatic rings. The van der Waals surface area contributed by atoms with Crippen molar-refractivity contribution in [3.05, 3.63) is 76.9 Å². The predicted octanol–water partition coefficient (Wildman–Crippen LogP) is 3.96. The Balaban J connectivity index is 1.84. The van der Waals surface area contributed by atoms with Crippen LogP contribution in [0.1, 0.15) is 23.6 Å². The van der Waals surface area contributed by atoms with Gasteiger partial charge in [0, 0.05) is 30.7 Å². The van der Waals surface area contributed by atoms with Gasteiger partial charge in [-0.2, -0.15) is 0 Å². The van der Waals surface area contributed by atoms with Crippen LogP contribution >= 0.6 is 12.2 Å². The monoisotopic (exact) mass is 465 g/mol. The van der Waals surface area contributed by atoms with Crippen LogP contribution in [0.3, 0.4) is 0 Å². The number of amides is 1. The van der Waals surface area contributed by atoms with E-state index in [-0.39, 0.29) is 23.4 Å². The molecule has 0 N–H and O–H groups in total. The number of halogens is 1. The summed E-state index contributed by atoms with van der Waals surface area (Å²) in [5.74, 6) is -1.05. The molecule has 1 amide bonds. The Kier molecular flexibility index (Phi) is 6.29. The van der Waals surface area contributed by atoms with Crippen molar-refractivity contribution < 1.29 is 18.7 Å². The van der Waals surface area contributed by atoms with E-state index in [0.29, 0.717) is 12.2 Å². The Morgan fingerprint density at radius 1 is 1.18 bits per heavy atom. The minimum Gasteiger partial charge on any atom is -0.468 e. The second-order valence-electron chi connectivity index (χ2n) is 7.84. The lowest BCUT2D eigenvalue weighted by Crippen LogP contribution is -2.33. The average molecular weight is 466 g/mol. The zero-order chi connectivity index (χ0) is 23.7. The van der Waals surface area contributed by atoms with Crippen molar-refractivity contribution in [3.8, 4) is 0 Å². The number of esters is 1. The average Bonchev–Trinajstić information content (AvgIpc) is 3.26. The summed E-state index contributed by atoms with van der Waals surface area (Å²) in [5.41, 5.74) is 4.33. The minimum absolute atomic E-state index is 0.147. The van der Waals surface area contributed by atoms with Gasteiger partial charge in [-0.3, -0.25) is 14.5 Å². The van der Waals surface area contributed by atoms with Crippen LogP contribution in [0.5, 0.6) is 0 Å². The summed E-state index contributed by atoms with van der Waals surface area (Å²) in [6.45, 7) is 2.49. The van der Waals surface area contributed by atoms with Crippen LogP contribution in [-0.4, -0.2) is 52.1 Å². The summed E-state index contributed by atoms with van der Waals surface area (Å²) in [5, 5.41) is 1.23. The molecule has 0 radical (unpaired) electrons. The molecule has 1 aliphatic heterocycles. The van der Waals surface area contributed by atoms with E-state index < -0.39 is 5.97 Å². The van der Waals surface area contributed by atoms with E-state index in [1.54, 1.807) is 25.3 Å². The van der Waals surface area contributed by atoms with Gasteiger partial charge in [-0.25, -0.2) is 4.39 Å². The first-order valence-corrected chi connectivity index (χ1v) is 11.0. The molecule has 0 bridgehead atoms. The number of para-hydroxylation sites is 1. The number of hydrogen-bond donors (Lipinski definition) is 0. The van der Waals surface area contributed by atoms with Crippen LogP contribution in [0.4, 0.5) is 4.39 Å². The summed E-state index contributed by atoms with van der Waals surface area (Å²) < 4.78 is 20.3. The van der Waals surface area contributed by atoms with Gasteiger partial charge in [0.05, 0.1) is 12.6 Å². The molecule has 1 fully saturated rings. The van der Waals surface area contributed by atoms with E-state index >= 15 is 0 Å². The second-order valence-corrected chi connectivity index (χ2v) is 8.21. The van der Waals surface area contributed by atoms with Crippen LogP contribution in [-0.2, 0) is 27.3 Å². The summed E-state index contributed by atoms with van der Waals surface area (Å²) in [6.07, 6.45) is 4.58. The fourth-order valence-corrected chi connectivity index (χ4v) is 4.31. The number of carbonyl (C=O) groups excluding carboxylic acids is 2. The van der Waals surface area contributed by atoms with E-state index in [1.807, 2.05) is 18.3 Å². The number of aromatic nitrogens is 1. The van der Waals surface area contributed by atoms with Crippen molar-refractivity contribution in [2.45, 2.75) is 19.9 Å². The highest BCUT2D eigenvalue weighted by Crippen LogP contribution is 2.30. The maximum Gasteiger partial charge on any atom is 0.325 e. The highest BCUT2D eigenvalue weighted by molar-refractivity contribution is 7.80. The number of benzene rings is 2. The SMILES string of the molecule is CCc1cccc2c(/C=C3/C(=O)N(C)C(=S)N3CC(=O)OC)cn(Cc3ccc(F)cc3)c12. The standard InChI is InChI=1S/C25H24FN3O3S/c1-4-17-6-5-7-20-18(14-28(23(17)20)13-16-8-10-19(26)11-9-16)12-21-24(31)27(2)25(33)29(21)15-22(30)32-3/h5-12,14H,4,13,15H2,1-3H3/b21-12-. The van der Waals surface area contributed by atoms with Gasteiger partial charge in [0.15, 0.2) is 5.11 Å². The highest BCUT2D eigenvalue weighted by Gasteiger charge is 2.37. The predicted molar refractivity (Wildman–Crippen MR) is 129 cm³/mol. The van der Waals surface area contributed by atoms with Gasteiger partial charge in [-0.05, 0) is 48.0 Å². The maximum atomic E-state index is 13.4. The third-order valence-corrected chi connectivity index (χ3v) is 6.29. The van der Waals surface area contributed by atoms with Crippen molar-refractivity contribution >= 4 is 46.2 Å². The number of fused-ring (bicyclic) bond motifs is 1. The van der Waals surface area contributed by atoms with E-state index in [2.05, 4.69) is 17.6 Å². The lowest BCUT2D eigenvalue weighted by atomic mass is 10.1. The lowest BCUT2D eigenvalue weighted by Gasteiger charge is -2.16. The van der Waals surface area contributed by atoms with Gasteiger partial charge in [0.25, 0.3) is 5.91 Å². The van der Waals surface area contributed by atoms with E-state index in [1.165, 1.54) is 29.0 Å². The number of methoxy groups -OCH3 is 1. The number of thiocarbonyl (C=S) groups is 1. The first-order chi connectivity index (χ1) is 15.8. The number of aryl methyl sites for hydroxylation is 1. The highest BCUT2D eigenvalue weighted by atomic mass is 32.1. The van der Waals surface area contributed by atoms with Crippen molar-refractivity contribution in [1.29, 1.82) is 0 Å². The molecule has 2 heterocycles. The van der Waals surface area contributed by atoms with Crippen molar-refractivity contribution in [2.24, 2.45) is 0 Å². The molecule has 33 heavy (non-hydrogen) atoms. The maximum absolute atomic E-state index is 13.4. The summed E-state index contributed by atoms with van der Waals surface area (Å²) in [6, 6.07) is 12.5. The summed E-state index contributed by atoms with van der Waals surface area (Å²) in [7, 11) is 2.88. The van der Waals surface area contributed by atoms with E-state index in [0.717, 1.165) is 34.0 Å². The fraction of sp³-hybridized carbons (Fsp3) is 0.240. The molecule has 170 valence electrons. The number of carbonyl (C=O) groups is 2. The molecule has 0 atom stereocenters. The molecule has 8 heteroatoms. The van der Waals surface area contributed by atoms with Gasteiger partial charge < -0.3 is 14.2 Å². The van der Waals surface area contributed by atoms with Crippen LogP contribution in [0.2, 0.25) is 0 Å². The van der Waals surface area contributed by atoms with Crippen molar-refractivity contribution in [2.75, 3.05) is 20.7 Å². The minimum atomic E-state index is -0.488. The number of likely N-dealkylation sites (N-methyl/N-ethyl adjacent to an activating group) is 1. The first kappa shape index (κ1) is 22.7. The van der Waals surface area contributed by atoms with E-state index in [4.69, 9.17) is 17.0 Å². The van der Waals surface area contributed by atoms with Crippen molar-refractivity contribution in [3.63, 3.8) is 0 Å². The second kappa shape index (κ2) is 9.15. The molecule has 4 rings (SSSR count). The van der Waals surface area contributed by atoms with Crippen LogP contribution < -0.4 is 0 Å². The van der Waals surface area contributed by atoms with Gasteiger partial charge in [-0.15, -0.1) is 0 Å². The van der Waals surface area contributed by atoms with Gasteiger partial charge >= 0.3 is 5.97 Å². The molecule has 0 aliphatic carbocycles. The van der Waals surface area contributed by atoms with Crippen LogP contribution in [0, 0.1) is 5.82 Å². The normalized spacial score (nSPS) is 15.2. The number of ether oxygens (including phenoxy) is 1. The topological polar surface area (TPSA) is 54.8 Å². The molecular weight excluding hydrogens is 441 g/mol. The van der Waals surface area contributed by atoms with Crippen molar-refractivity contribution in [1.82, 2.24) is 14.4 Å². The molecule has 1 aromatic heterocycles. The summed E-state index contributed by atoms with van der Waals surface area (Å²) >= 11 is 5.38. The molecule has 1 saturated heterocycles. The smallest absolute Gasteiger partial charge is 0.325 e.